The normalized spacial score (nSPS) is 11.3. The summed E-state index contributed by atoms with van der Waals surface area (Å²) in [6.45, 7) is 7.13. The Balaban J connectivity index is 2.26. The van der Waals surface area contributed by atoms with Crippen LogP contribution < -0.4 is 4.74 Å². The Kier molecular flexibility index (Phi) is 5.01. The fraction of sp³-hybridized carbons (Fsp3) is 0.0952. The van der Waals surface area contributed by atoms with E-state index in [1.54, 1.807) is 43.5 Å². The van der Waals surface area contributed by atoms with E-state index in [1.165, 1.54) is 19.2 Å². The lowest BCUT2D eigenvalue weighted by molar-refractivity contribution is 0.368. The van der Waals surface area contributed by atoms with Crippen molar-refractivity contribution in [1.82, 2.24) is 4.98 Å². The summed E-state index contributed by atoms with van der Waals surface area (Å²) in [5.41, 5.74) is 2.13. The highest BCUT2D eigenvalue weighted by atomic mass is 19.1. The number of hydrogen-bond donors (Lipinski definition) is 0. The van der Waals surface area contributed by atoms with Crippen molar-refractivity contribution in [2.24, 2.45) is 0 Å². The predicted octanol–water partition coefficient (Wildman–Crippen LogP) is 4.81. The molecule has 1 aromatic heterocycles. The third-order valence-corrected chi connectivity index (χ3v) is 4.01. The Morgan fingerprint density at radius 3 is 2.63 bits per heavy atom. The van der Waals surface area contributed by atoms with Gasteiger partial charge in [-0.1, -0.05) is 18.2 Å². The number of aromatic nitrogens is 1. The van der Waals surface area contributed by atoms with Gasteiger partial charge in [0.15, 0.2) is 0 Å². The topological polar surface area (TPSA) is 59.5 Å². The summed E-state index contributed by atoms with van der Waals surface area (Å²) in [6, 6.07) is 14.9. The molecule has 2 aromatic carbocycles. The second-order valence-corrected chi connectivity index (χ2v) is 5.56. The average Bonchev–Trinajstić information content (AvgIpc) is 2.70. The molecule has 0 bridgehead atoms. The van der Waals surface area contributed by atoms with Crippen molar-refractivity contribution in [1.29, 1.82) is 5.26 Å². The number of methoxy groups -OCH3 is 2. The molecule has 6 heteroatoms. The summed E-state index contributed by atoms with van der Waals surface area (Å²) in [5.74, 6) is 0.396. The molecule has 1 heterocycles. The number of hydrogen-bond acceptors (Lipinski definition) is 4. The number of halogens is 1. The van der Waals surface area contributed by atoms with Crippen LogP contribution in [-0.4, -0.2) is 19.2 Å². The lowest BCUT2D eigenvalue weighted by Gasteiger charge is -2.12. The first kappa shape index (κ1) is 17.9. The molecular weight excluding hydrogens is 345 g/mol. The van der Waals surface area contributed by atoms with E-state index in [0.29, 0.717) is 28.1 Å². The molecule has 0 radical (unpaired) electrons. The van der Waals surface area contributed by atoms with E-state index in [-0.39, 0.29) is 17.3 Å². The molecule has 0 amide bonds. The van der Waals surface area contributed by atoms with Gasteiger partial charge in [0.1, 0.15) is 17.3 Å². The van der Waals surface area contributed by atoms with Crippen LogP contribution in [0, 0.1) is 23.7 Å². The Morgan fingerprint density at radius 2 is 2.00 bits per heavy atom. The number of rotatable bonds is 4. The van der Waals surface area contributed by atoms with Gasteiger partial charge in [-0.2, -0.15) is 0 Å². The Hall–Kier alpha value is -3.90. The molecule has 0 fully saturated rings. The zero-order valence-electron chi connectivity index (χ0n) is 14.7. The van der Waals surface area contributed by atoms with Crippen LogP contribution >= 0.6 is 0 Å². The fourth-order valence-corrected chi connectivity index (χ4v) is 2.78. The maximum atomic E-state index is 13.6. The van der Waals surface area contributed by atoms with Crippen molar-refractivity contribution in [3.05, 3.63) is 77.0 Å². The van der Waals surface area contributed by atoms with Crippen LogP contribution in [-0.2, 0) is 4.74 Å². The standard InChI is InChI=1S/C21H14FN3O2/c1-24-19(12-23)21(27-3)14-7-8-16-18(10-14)25-17(11-20(16)26-2)13-5-4-6-15(22)9-13/h4-11H,2-3H3/b21-19-. The van der Waals surface area contributed by atoms with Gasteiger partial charge in [-0.25, -0.2) is 19.5 Å². The largest absolute Gasteiger partial charge is 0.506 e. The Bertz CT molecular complexity index is 1120. The van der Waals surface area contributed by atoms with Gasteiger partial charge >= 0.3 is 5.70 Å². The highest BCUT2D eigenvalue weighted by Crippen LogP contribution is 2.32. The molecule has 0 aliphatic rings. The molecule has 0 saturated carbocycles. The molecule has 0 atom stereocenters. The molecule has 0 saturated heterocycles. The second kappa shape index (κ2) is 7.55. The number of nitrogens with zero attached hydrogens (tertiary/aromatic N) is 3. The maximum Gasteiger partial charge on any atom is 0.303 e. The van der Waals surface area contributed by atoms with Gasteiger partial charge in [-0.05, 0) is 24.3 Å². The SMILES string of the molecule is [C-]#[N+]/C(C#N)=C(\OC)c1ccc2c(OC)cc(-c3cccc(F)c3)nc2c1. The van der Waals surface area contributed by atoms with Crippen molar-refractivity contribution in [3.63, 3.8) is 0 Å². The number of allylic oxidation sites excluding steroid dienone is 1. The molecule has 27 heavy (non-hydrogen) atoms. The van der Waals surface area contributed by atoms with Gasteiger partial charge in [0.25, 0.3) is 0 Å². The van der Waals surface area contributed by atoms with E-state index in [1.807, 2.05) is 6.07 Å². The van der Waals surface area contributed by atoms with Gasteiger partial charge in [-0.3, -0.25) is 0 Å². The highest BCUT2D eigenvalue weighted by Gasteiger charge is 2.14. The lowest BCUT2D eigenvalue weighted by atomic mass is 10.1. The van der Waals surface area contributed by atoms with Crippen molar-refractivity contribution < 1.29 is 13.9 Å². The molecule has 5 nitrogen and oxygen atoms in total. The highest BCUT2D eigenvalue weighted by molar-refractivity contribution is 5.90. The quantitative estimate of drug-likeness (QED) is 0.381. The zero-order valence-corrected chi connectivity index (χ0v) is 14.7. The number of ether oxygens (including phenoxy) is 2. The molecule has 0 N–H and O–H groups in total. The molecule has 0 spiro atoms. The van der Waals surface area contributed by atoms with Gasteiger partial charge < -0.3 is 9.47 Å². The summed E-state index contributed by atoms with van der Waals surface area (Å²) < 4.78 is 24.3. The third kappa shape index (κ3) is 3.42. The van der Waals surface area contributed by atoms with Gasteiger partial charge in [0.05, 0.1) is 38.1 Å². The number of benzene rings is 2. The minimum Gasteiger partial charge on any atom is -0.506 e. The van der Waals surface area contributed by atoms with E-state index in [4.69, 9.17) is 21.3 Å². The van der Waals surface area contributed by atoms with Crippen LogP contribution in [0.4, 0.5) is 4.39 Å². The lowest BCUT2D eigenvalue weighted by Crippen LogP contribution is -1.95. The number of nitriles is 1. The predicted molar refractivity (Wildman–Crippen MR) is 99.8 cm³/mol. The smallest absolute Gasteiger partial charge is 0.303 e. The van der Waals surface area contributed by atoms with E-state index in [9.17, 15) is 4.39 Å². The minimum atomic E-state index is -0.359. The summed E-state index contributed by atoms with van der Waals surface area (Å²) in [6.07, 6.45) is 0. The summed E-state index contributed by atoms with van der Waals surface area (Å²) in [4.78, 5) is 7.80. The monoisotopic (exact) mass is 359 g/mol. The third-order valence-electron chi connectivity index (χ3n) is 4.01. The summed E-state index contributed by atoms with van der Waals surface area (Å²) >= 11 is 0. The number of pyridine rings is 1. The first-order valence-electron chi connectivity index (χ1n) is 7.92. The summed E-state index contributed by atoms with van der Waals surface area (Å²) in [5, 5.41) is 9.88. The molecular formula is C21H14FN3O2. The molecule has 0 aliphatic heterocycles. The maximum absolute atomic E-state index is 13.6. The van der Waals surface area contributed by atoms with Gasteiger partial charge in [0, 0.05) is 22.6 Å². The van der Waals surface area contributed by atoms with Crippen LogP contribution in [0.5, 0.6) is 5.75 Å². The molecule has 0 aliphatic carbocycles. The van der Waals surface area contributed by atoms with Crippen LogP contribution in [0.3, 0.4) is 0 Å². The van der Waals surface area contributed by atoms with Crippen molar-refractivity contribution in [3.8, 4) is 23.1 Å². The van der Waals surface area contributed by atoms with Gasteiger partial charge in [0.2, 0.25) is 0 Å². The van der Waals surface area contributed by atoms with Crippen molar-refractivity contribution in [2.75, 3.05) is 14.2 Å². The van der Waals surface area contributed by atoms with Gasteiger partial charge in [-0.15, -0.1) is 0 Å². The zero-order chi connectivity index (χ0) is 19.4. The minimum absolute atomic E-state index is 0.148. The van der Waals surface area contributed by atoms with E-state index in [0.717, 1.165) is 5.39 Å². The van der Waals surface area contributed by atoms with Crippen LogP contribution in [0.2, 0.25) is 0 Å². The van der Waals surface area contributed by atoms with E-state index in [2.05, 4.69) is 9.83 Å². The van der Waals surface area contributed by atoms with Crippen LogP contribution in [0.1, 0.15) is 5.56 Å². The van der Waals surface area contributed by atoms with Crippen LogP contribution in [0.15, 0.2) is 54.2 Å². The van der Waals surface area contributed by atoms with E-state index >= 15 is 0 Å². The second-order valence-electron chi connectivity index (χ2n) is 5.56. The first-order valence-corrected chi connectivity index (χ1v) is 7.92. The Labute approximate surface area is 155 Å². The first-order chi connectivity index (χ1) is 13.1. The van der Waals surface area contributed by atoms with Crippen molar-refractivity contribution >= 4 is 16.7 Å². The van der Waals surface area contributed by atoms with E-state index < -0.39 is 0 Å². The number of fused-ring (bicyclic) bond motifs is 1. The summed E-state index contributed by atoms with van der Waals surface area (Å²) in [7, 11) is 2.95. The Morgan fingerprint density at radius 1 is 1.19 bits per heavy atom. The molecule has 3 aromatic rings. The van der Waals surface area contributed by atoms with Crippen molar-refractivity contribution in [2.45, 2.75) is 0 Å². The molecule has 132 valence electrons. The molecule has 0 unspecified atom stereocenters. The molecule has 3 rings (SSSR count). The average molecular weight is 359 g/mol. The van der Waals surface area contributed by atoms with Crippen LogP contribution in [0.25, 0.3) is 32.8 Å². The fourth-order valence-electron chi connectivity index (χ4n) is 2.78.